The molecule has 28 heavy (non-hydrogen) atoms. The van der Waals surface area contributed by atoms with Crippen LogP contribution in [0.1, 0.15) is 27.0 Å². The SMILES string of the molecule is Cn1cnc2ccc(C3(O)c4ccccc4C(=O)N3Cc3ccccc3)cc21. The highest BCUT2D eigenvalue weighted by atomic mass is 16.3. The molecule has 3 aromatic carbocycles. The van der Waals surface area contributed by atoms with Crippen LogP contribution in [0.3, 0.4) is 0 Å². The van der Waals surface area contributed by atoms with Crippen LogP contribution in [0, 0.1) is 0 Å². The second-order valence-electron chi connectivity index (χ2n) is 7.15. The van der Waals surface area contributed by atoms with Gasteiger partial charge in [0.2, 0.25) is 0 Å². The molecule has 0 radical (unpaired) electrons. The van der Waals surface area contributed by atoms with Crippen LogP contribution in [-0.4, -0.2) is 25.5 Å². The fourth-order valence-electron chi connectivity index (χ4n) is 4.02. The molecule has 0 saturated heterocycles. The predicted molar refractivity (Wildman–Crippen MR) is 106 cm³/mol. The Morgan fingerprint density at radius 1 is 1.00 bits per heavy atom. The summed E-state index contributed by atoms with van der Waals surface area (Å²) in [6, 6.07) is 22.6. The molecule has 2 heterocycles. The third-order valence-electron chi connectivity index (χ3n) is 5.48. The molecule has 5 rings (SSSR count). The van der Waals surface area contributed by atoms with Crippen LogP contribution < -0.4 is 0 Å². The third kappa shape index (κ3) is 2.30. The van der Waals surface area contributed by atoms with Crippen LogP contribution in [0.5, 0.6) is 0 Å². The normalized spacial score (nSPS) is 18.6. The summed E-state index contributed by atoms with van der Waals surface area (Å²) >= 11 is 0. The molecule has 1 N–H and O–H groups in total. The molecule has 0 spiro atoms. The van der Waals surface area contributed by atoms with Crippen LogP contribution in [0.25, 0.3) is 11.0 Å². The van der Waals surface area contributed by atoms with Gasteiger partial charge in [-0.25, -0.2) is 4.98 Å². The van der Waals surface area contributed by atoms with Crippen molar-refractivity contribution in [3.05, 3.63) is 101 Å². The van der Waals surface area contributed by atoms with E-state index in [0.29, 0.717) is 23.2 Å². The van der Waals surface area contributed by atoms with E-state index in [1.165, 1.54) is 0 Å². The Balaban J connectivity index is 1.71. The van der Waals surface area contributed by atoms with E-state index in [1.54, 1.807) is 17.3 Å². The topological polar surface area (TPSA) is 58.4 Å². The van der Waals surface area contributed by atoms with E-state index in [2.05, 4.69) is 4.98 Å². The molecule has 1 unspecified atom stereocenters. The summed E-state index contributed by atoms with van der Waals surface area (Å²) in [5.41, 5.74) is 2.97. The molecule has 0 saturated carbocycles. The molecule has 4 aromatic rings. The van der Waals surface area contributed by atoms with Crippen molar-refractivity contribution in [2.45, 2.75) is 12.3 Å². The van der Waals surface area contributed by atoms with Gasteiger partial charge in [-0.3, -0.25) is 9.69 Å². The number of rotatable bonds is 3. The van der Waals surface area contributed by atoms with Gasteiger partial charge in [0, 0.05) is 30.3 Å². The second-order valence-corrected chi connectivity index (χ2v) is 7.15. The third-order valence-corrected chi connectivity index (χ3v) is 5.48. The van der Waals surface area contributed by atoms with Crippen LogP contribution >= 0.6 is 0 Å². The van der Waals surface area contributed by atoms with E-state index < -0.39 is 5.72 Å². The number of benzene rings is 3. The molecule has 1 aromatic heterocycles. The van der Waals surface area contributed by atoms with Gasteiger partial charge in [-0.05, 0) is 23.8 Å². The van der Waals surface area contributed by atoms with E-state index in [-0.39, 0.29) is 5.91 Å². The Morgan fingerprint density at radius 2 is 1.75 bits per heavy atom. The van der Waals surface area contributed by atoms with Crippen molar-refractivity contribution in [1.29, 1.82) is 0 Å². The predicted octanol–water partition coefficient (Wildman–Crippen LogP) is 3.42. The van der Waals surface area contributed by atoms with Gasteiger partial charge >= 0.3 is 0 Å². The number of aromatic nitrogens is 2. The summed E-state index contributed by atoms with van der Waals surface area (Å²) in [4.78, 5) is 19.1. The summed E-state index contributed by atoms with van der Waals surface area (Å²) in [7, 11) is 1.92. The first-order chi connectivity index (χ1) is 13.6. The molecule has 1 aliphatic rings. The highest BCUT2D eigenvalue weighted by Crippen LogP contribution is 2.43. The standard InChI is InChI=1S/C23H19N3O2/c1-25-15-24-20-12-11-17(13-21(20)25)23(28)19-10-6-5-9-18(19)22(27)26(23)14-16-7-3-2-4-8-16/h2-13,15,28H,14H2,1H3. The van der Waals surface area contributed by atoms with E-state index in [0.717, 1.165) is 16.6 Å². The molecule has 5 nitrogen and oxygen atoms in total. The average Bonchev–Trinajstić information content (AvgIpc) is 3.21. The molecule has 5 heteroatoms. The average molecular weight is 369 g/mol. The van der Waals surface area contributed by atoms with Crippen LogP contribution in [0.4, 0.5) is 0 Å². The zero-order valence-corrected chi connectivity index (χ0v) is 15.4. The Hall–Kier alpha value is -3.44. The summed E-state index contributed by atoms with van der Waals surface area (Å²) in [6.45, 7) is 0.314. The fourth-order valence-corrected chi connectivity index (χ4v) is 4.02. The number of aryl methyl sites for hydroxylation is 1. The maximum atomic E-state index is 13.2. The number of fused-ring (bicyclic) bond motifs is 2. The molecule has 0 fully saturated rings. The number of carbonyl (C=O) groups is 1. The number of amides is 1. The van der Waals surface area contributed by atoms with Crippen molar-refractivity contribution in [2.24, 2.45) is 7.05 Å². The molecule has 1 amide bonds. The first-order valence-electron chi connectivity index (χ1n) is 9.18. The number of imidazole rings is 1. The van der Waals surface area contributed by atoms with Gasteiger partial charge in [0.05, 0.1) is 17.4 Å². The van der Waals surface area contributed by atoms with Crippen molar-refractivity contribution in [3.8, 4) is 0 Å². The van der Waals surface area contributed by atoms with Crippen molar-refractivity contribution < 1.29 is 9.90 Å². The molecular formula is C23H19N3O2. The second kappa shape index (κ2) is 6.04. The van der Waals surface area contributed by atoms with Crippen molar-refractivity contribution in [2.75, 3.05) is 0 Å². The smallest absolute Gasteiger partial charge is 0.257 e. The minimum Gasteiger partial charge on any atom is -0.363 e. The van der Waals surface area contributed by atoms with E-state index >= 15 is 0 Å². The summed E-state index contributed by atoms with van der Waals surface area (Å²) in [5, 5.41) is 12.0. The fraction of sp³-hybridized carbons (Fsp3) is 0.130. The quantitative estimate of drug-likeness (QED) is 0.602. The zero-order chi connectivity index (χ0) is 19.3. The van der Waals surface area contributed by atoms with Gasteiger partial charge in [-0.2, -0.15) is 0 Å². The van der Waals surface area contributed by atoms with Crippen LogP contribution in [0.2, 0.25) is 0 Å². The van der Waals surface area contributed by atoms with Crippen molar-refractivity contribution in [1.82, 2.24) is 14.5 Å². The number of hydrogen-bond acceptors (Lipinski definition) is 3. The lowest BCUT2D eigenvalue weighted by Crippen LogP contribution is -2.44. The number of hydrogen-bond donors (Lipinski definition) is 1. The molecule has 0 bridgehead atoms. The molecule has 1 aliphatic heterocycles. The minimum absolute atomic E-state index is 0.174. The summed E-state index contributed by atoms with van der Waals surface area (Å²) in [5.74, 6) is -0.174. The van der Waals surface area contributed by atoms with Gasteiger partial charge in [0.15, 0.2) is 5.72 Å². The van der Waals surface area contributed by atoms with Gasteiger partial charge < -0.3 is 9.67 Å². The maximum absolute atomic E-state index is 13.2. The lowest BCUT2D eigenvalue weighted by atomic mass is 9.93. The highest BCUT2D eigenvalue weighted by Gasteiger charge is 2.49. The lowest BCUT2D eigenvalue weighted by molar-refractivity contribution is -0.0542. The van der Waals surface area contributed by atoms with E-state index in [9.17, 15) is 9.90 Å². The maximum Gasteiger partial charge on any atom is 0.257 e. The molecule has 0 aliphatic carbocycles. The first kappa shape index (κ1) is 16.7. The minimum atomic E-state index is -1.54. The van der Waals surface area contributed by atoms with Crippen molar-refractivity contribution >= 4 is 16.9 Å². The Kier molecular flexibility index (Phi) is 3.60. The Morgan fingerprint density at radius 3 is 2.57 bits per heavy atom. The number of nitrogens with zero attached hydrogens (tertiary/aromatic N) is 3. The highest BCUT2D eigenvalue weighted by molar-refractivity contribution is 6.00. The summed E-state index contributed by atoms with van der Waals surface area (Å²) < 4.78 is 1.91. The van der Waals surface area contributed by atoms with Crippen molar-refractivity contribution in [3.63, 3.8) is 0 Å². The summed E-state index contributed by atoms with van der Waals surface area (Å²) in [6.07, 6.45) is 1.74. The molecule has 1 atom stereocenters. The van der Waals surface area contributed by atoms with E-state index in [4.69, 9.17) is 0 Å². The van der Waals surface area contributed by atoms with Gasteiger partial charge in [0.1, 0.15) is 0 Å². The number of carbonyl (C=O) groups excluding carboxylic acids is 1. The van der Waals surface area contributed by atoms with Gasteiger partial charge in [0.25, 0.3) is 5.91 Å². The molecular weight excluding hydrogens is 350 g/mol. The Labute approximate surface area is 162 Å². The van der Waals surface area contributed by atoms with Gasteiger partial charge in [-0.1, -0.05) is 54.6 Å². The first-order valence-corrected chi connectivity index (χ1v) is 9.18. The number of aliphatic hydroxyl groups is 1. The lowest BCUT2D eigenvalue weighted by Gasteiger charge is -2.35. The van der Waals surface area contributed by atoms with Crippen LogP contribution in [-0.2, 0) is 19.3 Å². The monoisotopic (exact) mass is 369 g/mol. The van der Waals surface area contributed by atoms with Gasteiger partial charge in [-0.15, -0.1) is 0 Å². The Bertz CT molecular complexity index is 1200. The van der Waals surface area contributed by atoms with E-state index in [1.807, 2.05) is 78.3 Å². The molecule has 138 valence electrons. The van der Waals surface area contributed by atoms with Crippen LogP contribution in [0.15, 0.2) is 79.1 Å². The largest absolute Gasteiger partial charge is 0.363 e. The zero-order valence-electron chi connectivity index (χ0n) is 15.4.